The second kappa shape index (κ2) is 5.93. The van der Waals surface area contributed by atoms with Gasteiger partial charge in [-0.3, -0.25) is 0 Å². The highest BCUT2D eigenvalue weighted by molar-refractivity contribution is 5.83. The summed E-state index contributed by atoms with van der Waals surface area (Å²) in [7, 11) is 0. The van der Waals surface area contributed by atoms with E-state index in [2.05, 4.69) is 15.0 Å². The third-order valence-corrected chi connectivity index (χ3v) is 5.34. The average Bonchev–Trinajstić information content (AvgIpc) is 3.39. The smallest absolute Gasteiger partial charge is 0.145 e. The second-order valence-corrected chi connectivity index (χ2v) is 6.86. The Balaban J connectivity index is 1.43. The van der Waals surface area contributed by atoms with E-state index in [-0.39, 0.29) is 12.3 Å². The Morgan fingerprint density at radius 2 is 2.15 bits per heavy atom. The van der Waals surface area contributed by atoms with Gasteiger partial charge in [-0.2, -0.15) is 0 Å². The first-order valence-corrected chi connectivity index (χ1v) is 8.90. The Hall–Kier alpha value is -2.70. The Bertz CT molecular complexity index is 1080. The summed E-state index contributed by atoms with van der Waals surface area (Å²) in [4.78, 5) is 11.9. The zero-order valence-electron chi connectivity index (χ0n) is 14.5. The molecule has 0 saturated carbocycles. The molecule has 4 aromatic rings. The zero-order valence-corrected chi connectivity index (χ0v) is 14.5. The zero-order chi connectivity index (χ0) is 17.7. The normalized spacial score (nSPS) is 21.6. The number of aromatic nitrogens is 4. The molecule has 4 heterocycles. The molecule has 3 atom stereocenters. The van der Waals surface area contributed by atoms with Crippen LogP contribution in [-0.2, 0) is 4.74 Å². The third-order valence-electron chi connectivity index (χ3n) is 5.34. The quantitative estimate of drug-likeness (QED) is 0.593. The van der Waals surface area contributed by atoms with Gasteiger partial charge in [0.25, 0.3) is 0 Å². The number of fused-ring (bicyclic) bond motifs is 2. The molecule has 26 heavy (non-hydrogen) atoms. The molecule has 132 valence electrons. The van der Waals surface area contributed by atoms with Crippen LogP contribution < -0.4 is 0 Å². The average molecular weight is 348 g/mol. The van der Waals surface area contributed by atoms with Crippen molar-refractivity contribution in [2.45, 2.75) is 38.2 Å². The molecule has 5 rings (SSSR count). The number of ether oxygens (including phenoxy) is 1. The van der Waals surface area contributed by atoms with E-state index in [1.165, 1.54) is 0 Å². The van der Waals surface area contributed by atoms with Crippen molar-refractivity contribution < 1.29 is 9.84 Å². The number of benzene rings is 1. The lowest BCUT2D eigenvalue weighted by molar-refractivity contribution is -0.0586. The predicted octanol–water partition coefficient (Wildman–Crippen LogP) is 3.63. The first kappa shape index (κ1) is 15.5. The minimum Gasteiger partial charge on any atom is -0.386 e. The van der Waals surface area contributed by atoms with Gasteiger partial charge in [-0.1, -0.05) is 18.2 Å². The molecule has 0 bridgehead atoms. The van der Waals surface area contributed by atoms with Crippen LogP contribution in [0.4, 0.5) is 0 Å². The summed E-state index contributed by atoms with van der Waals surface area (Å²) >= 11 is 0. The van der Waals surface area contributed by atoms with Gasteiger partial charge in [-0.15, -0.1) is 0 Å². The number of rotatable bonds is 3. The first-order chi connectivity index (χ1) is 12.7. The summed E-state index contributed by atoms with van der Waals surface area (Å²) in [6.07, 6.45) is 6.09. The molecule has 1 aromatic carbocycles. The molecule has 1 fully saturated rings. The lowest BCUT2D eigenvalue weighted by Gasteiger charge is -2.21. The fourth-order valence-electron chi connectivity index (χ4n) is 3.97. The van der Waals surface area contributed by atoms with E-state index >= 15 is 0 Å². The van der Waals surface area contributed by atoms with Crippen LogP contribution in [0.3, 0.4) is 0 Å². The number of para-hydroxylation sites is 1. The number of hydrogen-bond acceptors (Lipinski definition) is 4. The fourth-order valence-corrected chi connectivity index (χ4v) is 3.97. The molecule has 1 saturated heterocycles. The van der Waals surface area contributed by atoms with Gasteiger partial charge >= 0.3 is 0 Å². The van der Waals surface area contributed by atoms with E-state index in [1.807, 2.05) is 54.2 Å². The molecule has 0 spiro atoms. The maximum absolute atomic E-state index is 10.9. The number of H-pyrrole nitrogens is 1. The van der Waals surface area contributed by atoms with Crippen molar-refractivity contribution in [3.8, 4) is 0 Å². The summed E-state index contributed by atoms with van der Waals surface area (Å²) in [6.45, 7) is 1.98. The highest BCUT2D eigenvalue weighted by Gasteiger charge is 2.33. The molecule has 0 aliphatic carbocycles. The van der Waals surface area contributed by atoms with Crippen LogP contribution in [0, 0.1) is 6.92 Å². The Labute approximate surface area is 150 Å². The highest BCUT2D eigenvalue weighted by Crippen LogP contribution is 2.38. The van der Waals surface area contributed by atoms with Gasteiger partial charge in [0.1, 0.15) is 24.3 Å². The van der Waals surface area contributed by atoms with Crippen molar-refractivity contribution in [3.63, 3.8) is 0 Å². The van der Waals surface area contributed by atoms with E-state index in [0.29, 0.717) is 0 Å². The molecule has 1 aliphatic rings. The Kier molecular flexibility index (Phi) is 3.55. The van der Waals surface area contributed by atoms with Crippen LogP contribution in [0.2, 0.25) is 0 Å². The van der Waals surface area contributed by atoms with E-state index in [0.717, 1.165) is 46.0 Å². The highest BCUT2D eigenvalue weighted by atomic mass is 16.5. The molecule has 6 heteroatoms. The van der Waals surface area contributed by atoms with Crippen molar-refractivity contribution in [2.24, 2.45) is 0 Å². The lowest BCUT2D eigenvalue weighted by atomic mass is 10.0. The number of nitrogens with one attached hydrogen (secondary N) is 1. The van der Waals surface area contributed by atoms with Gasteiger partial charge < -0.3 is 19.4 Å². The standard InChI is InChI=1S/C20H20N4O2/c1-12-14-8-10-24(20(14)23-11-22-12)17-6-5-16(26-17)19(25)15-4-2-3-13-7-9-21-18(13)15/h2-4,7-11,16-17,19,21,25H,5-6H2,1H3. The molecule has 6 nitrogen and oxygen atoms in total. The van der Waals surface area contributed by atoms with E-state index < -0.39 is 6.10 Å². The summed E-state index contributed by atoms with van der Waals surface area (Å²) in [5.74, 6) is 0. The maximum atomic E-state index is 10.9. The topological polar surface area (TPSA) is 76.0 Å². The van der Waals surface area contributed by atoms with Crippen molar-refractivity contribution >= 4 is 21.9 Å². The third kappa shape index (κ3) is 2.34. The fraction of sp³-hybridized carbons (Fsp3) is 0.300. The monoisotopic (exact) mass is 348 g/mol. The number of nitrogens with zero attached hydrogens (tertiary/aromatic N) is 3. The van der Waals surface area contributed by atoms with Gasteiger partial charge in [0, 0.05) is 23.3 Å². The van der Waals surface area contributed by atoms with Crippen LogP contribution in [0.15, 0.2) is 49.1 Å². The summed E-state index contributed by atoms with van der Waals surface area (Å²) in [6, 6.07) is 10.0. The minimum absolute atomic E-state index is 0.121. The van der Waals surface area contributed by atoms with Crippen molar-refractivity contribution in [1.29, 1.82) is 0 Å². The van der Waals surface area contributed by atoms with Gasteiger partial charge in [-0.25, -0.2) is 9.97 Å². The van der Waals surface area contributed by atoms with E-state index in [1.54, 1.807) is 6.33 Å². The van der Waals surface area contributed by atoms with Gasteiger partial charge in [0.05, 0.1) is 17.3 Å². The summed E-state index contributed by atoms with van der Waals surface area (Å²) < 4.78 is 8.28. The number of aromatic amines is 1. The minimum atomic E-state index is -0.666. The lowest BCUT2D eigenvalue weighted by Crippen LogP contribution is -2.19. The van der Waals surface area contributed by atoms with Gasteiger partial charge in [0.15, 0.2) is 0 Å². The molecule has 3 unspecified atom stereocenters. The Morgan fingerprint density at radius 3 is 3.08 bits per heavy atom. The molecule has 0 amide bonds. The van der Waals surface area contributed by atoms with Crippen molar-refractivity contribution in [3.05, 3.63) is 60.3 Å². The first-order valence-electron chi connectivity index (χ1n) is 8.90. The largest absolute Gasteiger partial charge is 0.386 e. The molecule has 0 radical (unpaired) electrons. The van der Waals surface area contributed by atoms with Gasteiger partial charge in [0.2, 0.25) is 0 Å². The Morgan fingerprint density at radius 1 is 1.23 bits per heavy atom. The predicted molar refractivity (Wildman–Crippen MR) is 98.7 cm³/mol. The van der Waals surface area contributed by atoms with Crippen molar-refractivity contribution in [2.75, 3.05) is 0 Å². The number of hydrogen-bond donors (Lipinski definition) is 2. The van der Waals surface area contributed by atoms with Crippen LogP contribution >= 0.6 is 0 Å². The molecular weight excluding hydrogens is 328 g/mol. The maximum Gasteiger partial charge on any atom is 0.145 e. The van der Waals surface area contributed by atoms with Crippen LogP contribution in [-0.4, -0.2) is 30.7 Å². The molecular formula is C20H20N4O2. The van der Waals surface area contributed by atoms with Crippen molar-refractivity contribution in [1.82, 2.24) is 19.5 Å². The van der Waals surface area contributed by atoms with Crippen LogP contribution in [0.1, 0.15) is 36.4 Å². The molecule has 2 N–H and O–H groups in total. The number of aliphatic hydroxyl groups is 1. The van der Waals surface area contributed by atoms with E-state index in [4.69, 9.17) is 4.74 Å². The van der Waals surface area contributed by atoms with Crippen LogP contribution in [0.25, 0.3) is 21.9 Å². The number of aliphatic hydroxyl groups excluding tert-OH is 1. The number of aryl methyl sites for hydroxylation is 1. The van der Waals surface area contributed by atoms with Crippen LogP contribution in [0.5, 0.6) is 0 Å². The SMILES string of the molecule is Cc1ncnc2c1ccn2C1CCC(C(O)c2cccc3cc[nH]c23)O1. The van der Waals surface area contributed by atoms with E-state index in [9.17, 15) is 5.11 Å². The second-order valence-electron chi connectivity index (χ2n) is 6.86. The molecule has 3 aromatic heterocycles. The molecule has 1 aliphatic heterocycles. The summed E-state index contributed by atoms with van der Waals surface area (Å²) in [5, 5.41) is 13.1. The van der Waals surface area contributed by atoms with Gasteiger partial charge in [-0.05, 0) is 37.3 Å². The summed E-state index contributed by atoms with van der Waals surface area (Å²) in [5.41, 5.74) is 3.70.